The van der Waals surface area contributed by atoms with Crippen LogP contribution in [0.15, 0.2) is 24.4 Å². The minimum atomic E-state index is 0.482. The summed E-state index contributed by atoms with van der Waals surface area (Å²) in [5.74, 6) is 1.38. The molecule has 18 heavy (non-hydrogen) atoms. The highest BCUT2D eigenvalue weighted by Crippen LogP contribution is 2.30. The number of rotatable bonds is 3. The summed E-state index contributed by atoms with van der Waals surface area (Å²) in [4.78, 5) is 0. The van der Waals surface area contributed by atoms with E-state index in [1.54, 1.807) is 7.11 Å². The highest BCUT2D eigenvalue weighted by Gasteiger charge is 2.10. The van der Waals surface area contributed by atoms with Crippen molar-refractivity contribution in [1.29, 1.82) is 0 Å². The van der Waals surface area contributed by atoms with Gasteiger partial charge in [0.1, 0.15) is 5.75 Å². The van der Waals surface area contributed by atoms with E-state index in [4.69, 9.17) is 4.74 Å². The quantitative estimate of drug-likeness (QED) is 0.826. The molecule has 0 aliphatic heterocycles. The maximum absolute atomic E-state index is 5.39. The molecule has 1 heterocycles. The third-order valence-corrected chi connectivity index (χ3v) is 3.16. The summed E-state index contributed by atoms with van der Waals surface area (Å²) in [7, 11) is 3.65. The Hall–Kier alpha value is -1.77. The van der Waals surface area contributed by atoms with Crippen molar-refractivity contribution in [2.75, 3.05) is 7.11 Å². The Balaban J connectivity index is 2.56. The first-order valence-electron chi connectivity index (χ1n) is 6.21. The molecule has 0 bridgehead atoms. The molecule has 2 aromatic rings. The lowest BCUT2D eigenvalue weighted by atomic mass is 9.97. The number of nitrogens with zero attached hydrogens (tertiary/aromatic N) is 2. The van der Waals surface area contributed by atoms with E-state index in [2.05, 4.69) is 37.1 Å². The third-order valence-electron chi connectivity index (χ3n) is 3.16. The molecule has 0 N–H and O–H groups in total. The molecule has 0 fully saturated rings. The second-order valence-electron chi connectivity index (χ2n) is 4.95. The standard InChI is InChI=1S/C15H20N2O/c1-10(2)12-6-13(8-14(7-12)18-5)15-9-17(4)16-11(15)3/h6-10H,1-5H3. The molecule has 0 saturated carbocycles. The maximum atomic E-state index is 5.39. The summed E-state index contributed by atoms with van der Waals surface area (Å²) in [6.45, 7) is 6.41. The van der Waals surface area contributed by atoms with Crippen LogP contribution in [0.2, 0.25) is 0 Å². The lowest BCUT2D eigenvalue weighted by molar-refractivity contribution is 0.414. The van der Waals surface area contributed by atoms with Crippen LogP contribution in [0, 0.1) is 6.92 Å². The average molecular weight is 244 g/mol. The minimum absolute atomic E-state index is 0.482. The summed E-state index contributed by atoms with van der Waals surface area (Å²) in [5.41, 5.74) is 4.66. The first-order chi connectivity index (χ1) is 8.51. The highest BCUT2D eigenvalue weighted by molar-refractivity contribution is 5.68. The van der Waals surface area contributed by atoms with E-state index < -0.39 is 0 Å². The minimum Gasteiger partial charge on any atom is -0.497 e. The molecule has 0 unspecified atom stereocenters. The van der Waals surface area contributed by atoms with Crippen LogP contribution < -0.4 is 4.74 Å². The number of ether oxygens (including phenoxy) is 1. The molecule has 2 rings (SSSR count). The Morgan fingerprint density at radius 1 is 1.22 bits per heavy atom. The molecule has 0 atom stereocenters. The fourth-order valence-corrected chi connectivity index (χ4v) is 2.11. The van der Waals surface area contributed by atoms with Crippen molar-refractivity contribution in [3.8, 4) is 16.9 Å². The van der Waals surface area contributed by atoms with Gasteiger partial charge in [-0.1, -0.05) is 19.9 Å². The molecule has 3 heteroatoms. The topological polar surface area (TPSA) is 27.1 Å². The molecule has 0 saturated heterocycles. The van der Waals surface area contributed by atoms with Gasteiger partial charge < -0.3 is 4.74 Å². The Bertz CT molecular complexity index is 556. The molecule has 0 radical (unpaired) electrons. The lowest BCUT2D eigenvalue weighted by Gasteiger charge is -2.11. The third kappa shape index (κ3) is 2.40. The van der Waals surface area contributed by atoms with Gasteiger partial charge in [-0.25, -0.2) is 0 Å². The molecule has 3 nitrogen and oxygen atoms in total. The Morgan fingerprint density at radius 2 is 1.94 bits per heavy atom. The zero-order valence-corrected chi connectivity index (χ0v) is 11.7. The van der Waals surface area contributed by atoms with Crippen molar-refractivity contribution < 1.29 is 4.74 Å². The van der Waals surface area contributed by atoms with Crippen molar-refractivity contribution in [2.45, 2.75) is 26.7 Å². The van der Waals surface area contributed by atoms with Crippen molar-refractivity contribution in [3.05, 3.63) is 35.7 Å². The predicted molar refractivity (Wildman–Crippen MR) is 74.0 cm³/mol. The van der Waals surface area contributed by atoms with Crippen LogP contribution in [-0.2, 0) is 7.05 Å². The van der Waals surface area contributed by atoms with E-state index in [0.29, 0.717) is 5.92 Å². The number of aromatic nitrogens is 2. The Morgan fingerprint density at radius 3 is 2.44 bits per heavy atom. The fraction of sp³-hybridized carbons (Fsp3) is 0.400. The van der Waals surface area contributed by atoms with Crippen molar-refractivity contribution in [3.63, 3.8) is 0 Å². The predicted octanol–water partition coefficient (Wildman–Crippen LogP) is 3.53. The van der Waals surface area contributed by atoms with Crippen LogP contribution in [0.4, 0.5) is 0 Å². The van der Waals surface area contributed by atoms with E-state index >= 15 is 0 Å². The van der Waals surface area contributed by atoms with Crippen molar-refractivity contribution in [1.82, 2.24) is 9.78 Å². The van der Waals surface area contributed by atoms with E-state index in [-0.39, 0.29) is 0 Å². The van der Waals surface area contributed by atoms with Crippen molar-refractivity contribution in [2.24, 2.45) is 7.05 Å². The van der Waals surface area contributed by atoms with Gasteiger partial charge in [0.25, 0.3) is 0 Å². The normalized spacial score (nSPS) is 11.0. The van der Waals surface area contributed by atoms with Crippen molar-refractivity contribution >= 4 is 0 Å². The van der Waals surface area contributed by atoms with E-state index in [9.17, 15) is 0 Å². The van der Waals surface area contributed by atoms with Gasteiger partial charge in [-0.05, 0) is 36.1 Å². The molecule has 1 aromatic heterocycles. The van der Waals surface area contributed by atoms with Gasteiger partial charge in [-0.3, -0.25) is 4.68 Å². The van der Waals surface area contributed by atoms with Gasteiger partial charge in [0, 0.05) is 18.8 Å². The zero-order valence-electron chi connectivity index (χ0n) is 11.7. The van der Waals surface area contributed by atoms with Crippen LogP contribution in [0.5, 0.6) is 5.75 Å². The van der Waals surface area contributed by atoms with Crippen LogP contribution >= 0.6 is 0 Å². The highest BCUT2D eigenvalue weighted by atomic mass is 16.5. The van der Waals surface area contributed by atoms with Crippen LogP contribution in [0.25, 0.3) is 11.1 Å². The first-order valence-corrected chi connectivity index (χ1v) is 6.21. The molecular formula is C15H20N2O. The maximum Gasteiger partial charge on any atom is 0.119 e. The zero-order chi connectivity index (χ0) is 13.3. The summed E-state index contributed by atoms with van der Waals surface area (Å²) in [6, 6.07) is 6.38. The molecule has 0 spiro atoms. The summed E-state index contributed by atoms with van der Waals surface area (Å²) in [6.07, 6.45) is 2.05. The van der Waals surface area contributed by atoms with E-state index in [1.165, 1.54) is 16.7 Å². The molecule has 0 aliphatic carbocycles. The summed E-state index contributed by atoms with van der Waals surface area (Å²) >= 11 is 0. The van der Waals surface area contributed by atoms with Gasteiger partial charge in [-0.2, -0.15) is 5.10 Å². The van der Waals surface area contributed by atoms with Crippen LogP contribution in [-0.4, -0.2) is 16.9 Å². The van der Waals surface area contributed by atoms with Gasteiger partial charge >= 0.3 is 0 Å². The van der Waals surface area contributed by atoms with Gasteiger partial charge in [0.15, 0.2) is 0 Å². The second kappa shape index (κ2) is 4.84. The lowest BCUT2D eigenvalue weighted by Crippen LogP contribution is -1.92. The van der Waals surface area contributed by atoms with E-state index in [0.717, 1.165) is 11.4 Å². The smallest absolute Gasteiger partial charge is 0.119 e. The average Bonchev–Trinajstić information content (AvgIpc) is 2.67. The monoisotopic (exact) mass is 244 g/mol. The van der Waals surface area contributed by atoms with Gasteiger partial charge in [-0.15, -0.1) is 0 Å². The number of hydrogen-bond acceptors (Lipinski definition) is 2. The Kier molecular flexibility index (Phi) is 3.41. The largest absolute Gasteiger partial charge is 0.497 e. The molecular weight excluding hydrogens is 224 g/mol. The molecule has 0 aliphatic rings. The number of methoxy groups -OCH3 is 1. The van der Waals surface area contributed by atoms with Gasteiger partial charge in [0.05, 0.1) is 12.8 Å². The van der Waals surface area contributed by atoms with E-state index in [1.807, 2.05) is 24.9 Å². The Labute approximate surface area is 108 Å². The number of hydrogen-bond donors (Lipinski definition) is 0. The molecule has 96 valence electrons. The SMILES string of the molecule is COc1cc(-c2cn(C)nc2C)cc(C(C)C)c1. The summed E-state index contributed by atoms with van der Waals surface area (Å²) < 4.78 is 7.23. The summed E-state index contributed by atoms with van der Waals surface area (Å²) in [5, 5.41) is 4.39. The molecule has 0 amide bonds. The fourth-order valence-electron chi connectivity index (χ4n) is 2.11. The number of benzene rings is 1. The molecule has 1 aromatic carbocycles. The first kappa shape index (κ1) is 12.7. The van der Waals surface area contributed by atoms with Crippen LogP contribution in [0.3, 0.4) is 0 Å². The number of aryl methyl sites for hydroxylation is 2. The van der Waals surface area contributed by atoms with Gasteiger partial charge in [0.2, 0.25) is 0 Å². The van der Waals surface area contributed by atoms with Crippen LogP contribution in [0.1, 0.15) is 31.0 Å². The second-order valence-corrected chi connectivity index (χ2v) is 4.95.